The molecule has 0 atom stereocenters. The van der Waals surface area contributed by atoms with Crippen LogP contribution in [0.2, 0.25) is 0 Å². The minimum atomic E-state index is -0.943. The summed E-state index contributed by atoms with van der Waals surface area (Å²) >= 11 is 0. The van der Waals surface area contributed by atoms with Crippen molar-refractivity contribution in [2.24, 2.45) is 0 Å². The molecule has 0 saturated heterocycles. The standard InChI is InChI=1S/C26H28F2O2/c1-2-3-4-5-6-7-18-30-24-17-16-23(25(27)26(24)28)21-10-8-19(9-11-21)20-12-14-22(29)15-13-20/h8-17,29H,2-7,18H2,1H3. The largest absolute Gasteiger partial charge is 0.508 e. The highest BCUT2D eigenvalue weighted by molar-refractivity contribution is 5.71. The van der Waals surface area contributed by atoms with Crippen LogP contribution in [0.5, 0.6) is 11.5 Å². The van der Waals surface area contributed by atoms with Crippen LogP contribution in [0.25, 0.3) is 22.3 Å². The summed E-state index contributed by atoms with van der Waals surface area (Å²) in [6, 6.07) is 17.1. The molecule has 3 rings (SSSR count). The molecule has 158 valence electrons. The first-order chi connectivity index (χ1) is 14.6. The van der Waals surface area contributed by atoms with Gasteiger partial charge >= 0.3 is 0 Å². The Morgan fingerprint density at radius 3 is 1.90 bits per heavy atom. The molecule has 0 amide bonds. The lowest BCUT2D eigenvalue weighted by Crippen LogP contribution is -2.01. The highest BCUT2D eigenvalue weighted by atomic mass is 19.2. The fraction of sp³-hybridized carbons (Fsp3) is 0.308. The number of benzene rings is 3. The van der Waals surface area contributed by atoms with Crippen molar-refractivity contribution in [1.29, 1.82) is 0 Å². The summed E-state index contributed by atoms with van der Waals surface area (Å²) in [4.78, 5) is 0. The topological polar surface area (TPSA) is 29.5 Å². The van der Waals surface area contributed by atoms with Crippen molar-refractivity contribution in [2.75, 3.05) is 6.61 Å². The van der Waals surface area contributed by atoms with Crippen LogP contribution in [0, 0.1) is 11.6 Å². The third-order valence-electron chi connectivity index (χ3n) is 5.20. The summed E-state index contributed by atoms with van der Waals surface area (Å²) in [6.07, 6.45) is 6.67. The number of ether oxygens (including phenoxy) is 1. The van der Waals surface area contributed by atoms with Crippen molar-refractivity contribution in [2.45, 2.75) is 45.4 Å². The number of unbranched alkanes of at least 4 members (excludes halogenated alkanes) is 5. The summed E-state index contributed by atoms with van der Waals surface area (Å²) in [5.41, 5.74) is 2.66. The molecule has 3 aromatic carbocycles. The van der Waals surface area contributed by atoms with Gasteiger partial charge in [0.1, 0.15) is 5.75 Å². The number of hydrogen-bond acceptors (Lipinski definition) is 2. The zero-order valence-electron chi connectivity index (χ0n) is 17.3. The van der Waals surface area contributed by atoms with Gasteiger partial charge in [-0.05, 0) is 47.4 Å². The Balaban J connectivity index is 1.64. The summed E-state index contributed by atoms with van der Waals surface area (Å²) in [5, 5.41) is 9.40. The Hall–Kier alpha value is -2.88. The normalized spacial score (nSPS) is 10.9. The van der Waals surface area contributed by atoms with Crippen LogP contribution in [0.15, 0.2) is 60.7 Å². The van der Waals surface area contributed by atoms with E-state index in [1.807, 2.05) is 12.1 Å². The molecule has 0 bridgehead atoms. The average Bonchev–Trinajstić information content (AvgIpc) is 2.77. The van der Waals surface area contributed by atoms with E-state index in [-0.39, 0.29) is 17.1 Å². The summed E-state index contributed by atoms with van der Waals surface area (Å²) < 4.78 is 34.6. The van der Waals surface area contributed by atoms with Crippen LogP contribution >= 0.6 is 0 Å². The van der Waals surface area contributed by atoms with Gasteiger partial charge in [0.2, 0.25) is 5.82 Å². The van der Waals surface area contributed by atoms with Gasteiger partial charge in [-0.15, -0.1) is 0 Å². The predicted molar refractivity (Wildman–Crippen MR) is 118 cm³/mol. The minimum Gasteiger partial charge on any atom is -0.508 e. The molecule has 0 spiro atoms. The molecule has 1 N–H and O–H groups in total. The molecule has 0 aromatic heterocycles. The van der Waals surface area contributed by atoms with Gasteiger partial charge in [0.15, 0.2) is 11.6 Å². The second-order valence-electron chi connectivity index (χ2n) is 7.48. The highest BCUT2D eigenvalue weighted by Gasteiger charge is 2.16. The molecule has 0 fully saturated rings. The Kier molecular flexibility index (Phi) is 7.83. The SMILES string of the molecule is CCCCCCCCOc1ccc(-c2ccc(-c3ccc(O)cc3)cc2)c(F)c1F. The van der Waals surface area contributed by atoms with Gasteiger partial charge in [0.05, 0.1) is 6.61 Å². The number of halogens is 2. The van der Waals surface area contributed by atoms with E-state index in [1.165, 1.54) is 25.3 Å². The molecule has 3 aromatic rings. The van der Waals surface area contributed by atoms with Gasteiger partial charge in [-0.3, -0.25) is 0 Å². The van der Waals surface area contributed by atoms with Gasteiger partial charge in [-0.1, -0.05) is 75.4 Å². The summed E-state index contributed by atoms with van der Waals surface area (Å²) in [5.74, 6) is -1.67. The summed E-state index contributed by atoms with van der Waals surface area (Å²) in [6.45, 7) is 2.57. The van der Waals surface area contributed by atoms with E-state index in [9.17, 15) is 13.9 Å². The molecule has 30 heavy (non-hydrogen) atoms. The van der Waals surface area contributed by atoms with Crippen LogP contribution in [0.3, 0.4) is 0 Å². The maximum atomic E-state index is 14.6. The van der Waals surface area contributed by atoms with Crippen molar-refractivity contribution in [3.63, 3.8) is 0 Å². The molecule has 0 saturated carbocycles. The molecular weight excluding hydrogens is 382 g/mol. The molecule has 0 unspecified atom stereocenters. The van der Waals surface area contributed by atoms with Gasteiger partial charge in [0.25, 0.3) is 0 Å². The minimum absolute atomic E-state index is 0.0366. The fourth-order valence-electron chi connectivity index (χ4n) is 3.43. The number of rotatable bonds is 10. The van der Waals surface area contributed by atoms with Gasteiger partial charge < -0.3 is 9.84 Å². The first-order valence-corrected chi connectivity index (χ1v) is 10.6. The van der Waals surface area contributed by atoms with E-state index in [4.69, 9.17) is 4.74 Å². The summed E-state index contributed by atoms with van der Waals surface area (Å²) in [7, 11) is 0. The van der Waals surface area contributed by atoms with Crippen LogP contribution in [0.4, 0.5) is 8.78 Å². The Bertz CT molecular complexity index is 934. The fourth-order valence-corrected chi connectivity index (χ4v) is 3.43. The Morgan fingerprint density at radius 2 is 1.23 bits per heavy atom. The zero-order valence-corrected chi connectivity index (χ0v) is 17.3. The van der Waals surface area contributed by atoms with E-state index < -0.39 is 11.6 Å². The van der Waals surface area contributed by atoms with E-state index >= 15 is 0 Å². The molecule has 2 nitrogen and oxygen atoms in total. The molecule has 0 heterocycles. The lowest BCUT2D eigenvalue weighted by molar-refractivity contribution is 0.285. The molecule has 0 aliphatic heterocycles. The molecule has 0 radical (unpaired) electrons. The number of hydrogen-bond donors (Lipinski definition) is 1. The van der Waals surface area contributed by atoms with Crippen molar-refractivity contribution >= 4 is 0 Å². The van der Waals surface area contributed by atoms with Crippen LogP contribution in [-0.2, 0) is 0 Å². The molecule has 4 heteroatoms. The zero-order chi connectivity index (χ0) is 21.3. The van der Waals surface area contributed by atoms with Crippen LogP contribution in [0.1, 0.15) is 45.4 Å². The van der Waals surface area contributed by atoms with Crippen molar-refractivity contribution in [3.05, 3.63) is 72.3 Å². The van der Waals surface area contributed by atoms with Gasteiger partial charge in [-0.25, -0.2) is 4.39 Å². The van der Waals surface area contributed by atoms with Crippen LogP contribution in [-0.4, -0.2) is 11.7 Å². The first kappa shape index (κ1) is 21.8. The lowest BCUT2D eigenvalue weighted by Gasteiger charge is -2.11. The Morgan fingerprint density at radius 1 is 0.667 bits per heavy atom. The molecular formula is C26H28F2O2. The second kappa shape index (κ2) is 10.8. The predicted octanol–water partition coefficient (Wildman–Crippen LogP) is 7.74. The van der Waals surface area contributed by atoms with Crippen molar-refractivity contribution in [3.8, 4) is 33.8 Å². The van der Waals surface area contributed by atoms with E-state index in [0.29, 0.717) is 12.2 Å². The number of phenols is 1. The highest BCUT2D eigenvalue weighted by Crippen LogP contribution is 2.31. The average molecular weight is 411 g/mol. The van der Waals surface area contributed by atoms with Gasteiger partial charge in [-0.2, -0.15) is 4.39 Å². The number of phenolic OH excluding ortho intramolecular Hbond substituents is 1. The third kappa shape index (κ3) is 5.59. The second-order valence-corrected chi connectivity index (χ2v) is 7.48. The number of aromatic hydroxyl groups is 1. The quantitative estimate of drug-likeness (QED) is 0.346. The third-order valence-corrected chi connectivity index (χ3v) is 5.20. The Labute approximate surface area is 177 Å². The van der Waals surface area contributed by atoms with Crippen molar-refractivity contribution < 1.29 is 18.6 Å². The monoisotopic (exact) mass is 410 g/mol. The van der Waals surface area contributed by atoms with Gasteiger partial charge in [0, 0.05) is 5.56 Å². The molecule has 0 aliphatic carbocycles. The van der Waals surface area contributed by atoms with E-state index in [2.05, 4.69) is 6.92 Å². The smallest absolute Gasteiger partial charge is 0.201 e. The van der Waals surface area contributed by atoms with Crippen molar-refractivity contribution in [1.82, 2.24) is 0 Å². The van der Waals surface area contributed by atoms with E-state index in [0.717, 1.165) is 30.4 Å². The maximum absolute atomic E-state index is 14.6. The maximum Gasteiger partial charge on any atom is 0.201 e. The lowest BCUT2D eigenvalue weighted by atomic mass is 9.99. The van der Waals surface area contributed by atoms with Crippen LogP contribution < -0.4 is 4.74 Å². The molecule has 0 aliphatic rings. The first-order valence-electron chi connectivity index (χ1n) is 10.6. The van der Waals surface area contributed by atoms with E-state index in [1.54, 1.807) is 42.5 Å².